The van der Waals surface area contributed by atoms with Crippen LogP contribution in [0.15, 0.2) is 60.7 Å². The number of ketones is 1. The van der Waals surface area contributed by atoms with E-state index in [1.54, 1.807) is 19.2 Å². The molecule has 214 valence electrons. The highest BCUT2D eigenvalue weighted by atomic mass is 32.1. The average molecular weight is 571 g/mol. The minimum atomic E-state index is -0.0453. The molecular weight excluding hydrogens is 532 g/mol. The van der Waals surface area contributed by atoms with Crippen LogP contribution in [0.3, 0.4) is 0 Å². The summed E-state index contributed by atoms with van der Waals surface area (Å²) in [5.41, 5.74) is 4.59. The summed E-state index contributed by atoms with van der Waals surface area (Å²) in [6.45, 7) is 5.24. The Balaban J connectivity index is 1.29. The number of phenolic OH excluding ortho intramolecular Hbond substituents is 1. The molecule has 3 aromatic carbocycles. The maximum absolute atomic E-state index is 14.2. The Morgan fingerprint density at radius 2 is 1.80 bits per heavy atom. The maximum Gasteiger partial charge on any atom is 0.195 e. The number of thiophene rings is 1. The zero-order valence-electron chi connectivity index (χ0n) is 23.6. The van der Waals surface area contributed by atoms with E-state index in [1.165, 1.54) is 29.7 Å². The lowest BCUT2D eigenvalue weighted by Crippen LogP contribution is -2.33. The third-order valence-corrected chi connectivity index (χ3v) is 9.86. The predicted octanol–water partition coefficient (Wildman–Crippen LogP) is 6.11. The molecular formula is C34H38N2O4S. The molecule has 2 aliphatic rings. The summed E-state index contributed by atoms with van der Waals surface area (Å²) in [6.07, 6.45) is 5.60. The number of hydrogen-bond acceptors (Lipinski definition) is 7. The predicted molar refractivity (Wildman–Crippen MR) is 165 cm³/mol. The summed E-state index contributed by atoms with van der Waals surface area (Å²) in [6, 6.07) is 19.8. The fourth-order valence-electron chi connectivity index (χ4n) is 6.35. The Morgan fingerprint density at radius 1 is 1.00 bits per heavy atom. The van der Waals surface area contributed by atoms with Crippen molar-refractivity contribution >= 4 is 27.2 Å². The van der Waals surface area contributed by atoms with Gasteiger partial charge in [0.2, 0.25) is 0 Å². The summed E-state index contributed by atoms with van der Waals surface area (Å²) >= 11 is 1.54. The first-order chi connectivity index (χ1) is 20.0. The molecule has 2 N–H and O–H groups in total. The molecule has 2 aliphatic heterocycles. The van der Waals surface area contributed by atoms with Crippen LogP contribution in [0.1, 0.15) is 52.7 Å². The summed E-state index contributed by atoms with van der Waals surface area (Å²) in [4.78, 5) is 19.9. The van der Waals surface area contributed by atoms with Gasteiger partial charge in [-0.15, -0.1) is 11.3 Å². The van der Waals surface area contributed by atoms with E-state index < -0.39 is 0 Å². The Morgan fingerprint density at radius 3 is 2.56 bits per heavy atom. The molecule has 0 aliphatic carbocycles. The van der Waals surface area contributed by atoms with Crippen LogP contribution >= 0.6 is 11.3 Å². The summed E-state index contributed by atoms with van der Waals surface area (Å²) in [5.74, 6) is 0.888. The Labute approximate surface area is 245 Å². The van der Waals surface area contributed by atoms with Crippen molar-refractivity contribution in [3.8, 4) is 21.9 Å². The fourth-order valence-corrected chi connectivity index (χ4v) is 7.59. The van der Waals surface area contributed by atoms with Crippen molar-refractivity contribution in [1.29, 1.82) is 0 Å². The average Bonchev–Trinajstić information content (AvgIpc) is 3.76. The maximum atomic E-state index is 14.2. The van der Waals surface area contributed by atoms with Gasteiger partial charge in [-0.1, -0.05) is 36.4 Å². The number of aliphatic hydroxyl groups is 1. The summed E-state index contributed by atoms with van der Waals surface area (Å²) < 4.78 is 6.63. The molecule has 0 bridgehead atoms. The van der Waals surface area contributed by atoms with Crippen molar-refractivity contribution in [2.24, 2.45) is 0 Å². The van der Waals surface area contributed by atoms with Crippen LogP contribution in [-0.2, 0) is 13.0 Å². The second kappa shape index (κ2) is 12.3. The molecule has 6 rings (SSSR count). The SMILES string of the molecule is COc1cc(C(=O)c2c(-c3ccc(CCN4CCCC4CO)cc3)sc3cc(O)ccc23)ccc1CN1CCCC1. The Bertz CT molecular complexity index is 1520. The number of benzene rings is 3. The van der Waals surface area contributed by atoms with Crippen molar-refractivity contribution in [2.45, 2.75) is 44.7 Å². The number of aliphatic hydroxyl groups excluding tert-OH is 1. The molecule has 1 atom stereocenters. The number of carbonyl (C=O) groups is 1. The first-order valence-electron chi connectivity index (χ1n) is 14.7. The van der Waals surface area contributed by atoms with Gasteiger partial charge in [0.05, 0.1) is 13.7 Å². The quantitative estimate of drug-likeness (QED) is 0.224. The van der Waals surface area contributed by atoms with Gasteiger partial charge in [-0.3, -0.25) is 14.6 Å². The number of methoxy groups -OCH3 is 1. The van der Waals surface area contributed by atoms with Crippen molar-refractivity contribution in [3.05, 3.63) is 82.9 Å². The van der Waals surface area contributed by atoms with E-state index in [1.807, 2.05) is 24.3 Å². The first kappa shape index (κ1) is 27.9. The van der Waals surface area contributed by atoms with E-state index in [0.29, 0.717) is 11.1 Å². The van der Waals surface area contributed by atoms with Gasteiger partial charge in [-0.05, 0) is 87.1 Å². The number of hydrogen-bond donors (Lipinski definition) is 2. The van der Waals surface area contributed by atoms with E-state index in [4.69, 9.17) is 4.74 Å². The smallest absolute Gasteiger partial charge is 0.195 e. The van der Waals surface area contributed by atoms with Crippen LogP contribution in [0, 0.1) is 0 Å². The van der Waals surface area contributed by atoms with Crippen LogP contribution < -0.4 is 4.74 Å². The zero-order chi connectivity index (χ0) is 28.3. The Kier molecular flexibility index (Phi) is 8.40. The van der Waals surface area contributed by atoms with Crippen LogP contribution in [-0.4, -0.2) is 71.7 Å². The minimum absolute atomic E-state index is 0.0453. The molecule has 0 spiro atoms. The highest BCUT2D eigenvalue weighted by Gasteiger charge is 2.25. The third-order valence-electron chi connectivity index (χ3n) is 8.66. The number of likely N-dealkylation sites (tertiary alicyclic amines) is 2. The minimum Gasteiger partial charge on any atom is -0.508 e. The number of aromatic hydroxyl groups is 1. The van der Waals surface area contributed by atoms with Gasteiger partial charge in [0.1, 0.15) is 11.5 Å². The molecule has 41 heavy (non-hydrogen) atoms. The molecule has 2 saturated heterocycles. The Hall–Kier alpha value is -3.23. The van der Waals surface area contributed by atoms with Crippen molar-refractivity contribution < 1.29 is 19.7 Å². The number of nitrogens with zero attached hydrogens (tertiary/aromatic N) is 2. The van der Waals surface area contributed by atoms with Crippen molar-refractivity contribution in [1.82, 2.24) is 9.80 Å². The van der Waals surface area contributed by atoms with Crippen molar-refractivity contribution in [2.75, 3.05) is 39.9 Å². The van der Waals surface area contributed by atoms with Crippen LogP contribution in [0.2, 0.25) is 0 Å². The van der Waals surface area contributed by atoms with Crippen LogP contribution in [0.5, 0.6) is 11.5 Å². The highest BCUT2D eigenvalue weighted by molar-refractivity contribution is 7.22. The van der Waals surface area contributed by atoms with Gasteiger partial charge < -0.3 is 14.9 Å². The van der Waals surface area contributed by atoms with Gasteiger partial charge in [0, 0.05) is 50.8 Å². The van der Waals surface area contributed by atoms with Gasteiger partial charge in [-0.2, -0.15) is 0 Å². The molecule has 0 radical (unpaired) electrons. The first-order valence-corrected chi connectivity index (χ1v) is 15.5. The third kappa shape index (κ3) is 5.90. The lowest BCUT2D eigenvalue weighted by atomic mass is 9.96. The van der Waals surface area contributed by atoms with Gasteiger partial charge in [0.15, 0.2) is 5.78 Å². The highest BCUT2D eigenvalue weighted by Crippen LogP contribution is 2.41. The second-order valence-corrected chi connectivity index (χ2v) is 12.3. The molecule has 6 nitrogen and oxygen atoms in total. The molecule has 3 heterocycles. The molecule has 4 aromatic rings. The standard InChI is InChI=1S/C34H38N2O4S/c1-40-30-19-25(10-11-26(30)21-35-15-2-3-16-35)33(39)32-29-13-12-28(38)20-31(29)41-34(32)24-8-6-23(7-9-24)14-18-36-17-4-5-27(36)22-37/h6-13,19-20,27,37-38H,2-5,14-18,21-22H2,1H3. The lowest BCUT2D eigenvalue weighted by molar-refractivity contribution is 0.104. The normalized spacial score (nSPS) is 18.0. The van der Waals surface area contributed by atoms with E-state index in [-0.39, 0.29) is 24.2 Å². The fraction of sp³-hybridized carbons (Fsp3) is 0.382. The molecule has 2 fully saturated rings. The van der Waals surface area contributed by atoms with E-state index in [2.05, 4.69) is 34.1 Å². The number of fused-ring (bicyclic) bond motifs is 1. The van der Waals surface area contributed by atoms with Gasteiger partial charge in [0.25, 0.3) is 0 Å². The number of ether oxygens (including phenoxy) is 1. The summed E-state index contributed by atoms with van der Waals surface area (Å²) in [7, 11) is 1.67. The lowest BCUT2D eigenvalue weighted by Gasteiger charge is -2.22. The van der Waals surface area contributed by atoms with Crippen molar-refractivity contribution in [3.63, 3.8) is 0 Å². The summed E-state index contributed by atoms with van der Waals surface area (Å²) in [5, 5.41) is 20.7. The monoisotopic (exact) mass is 570 g/mol. The zero-order valence-corrected chi connectivity index (χ0v) is 24.5. The second-order valence-electron chi connectivity index (χ2n) is 11.3. The van der Waals surface area contributed by atoms with Crippen LogP contribution in [0.25, 0.3) is 20.5 Å². The van der Waals surface area contributed by atoms with E-state index in [9.17, 15) is 15.0 Å². The molecule has 1 unspecified atom stereocenters. The number of carbonyl (C=O) groups excluding carboxylic acids is 1. The van der Waals surface area contributed by atoms with Gasteiger partial charge >= 0.3 is 0 Å². The molecule has 0 amide bonds. The van der Waals surface area contributed by atoms with Gasteiger partial charge in [-0.25, -0.2) is 0 Å². The number of rotatable bonds is 10. The van der Waals surface area contributed by atoms with E-state index >= 15 is 0 Å². The topological polar surface area (TPSA) is 73.2 Å². The van der Waals surface area contributed by atoms with E-state index in [0.717, 1.165) is 83.8 Å². The number of phenols is 1. The molecule has 1 aromatic heterocycles. The molecule has 0 saturated carbocycles. The molecule has 7 heteroatoms. The van der Waals surface area contributed by atoms with Crippen LogP contribution in [0.4, 0.5) is 0 Å². The largest absolute Gasteiger partial charge is 0.508 e.